The number of aliphatic hydroxyl groups is 4. The summed E-state index contributed by atoms with van der Waals surface area (Å²) in [7, 11) is 1.51. The number of carbonyl (C=O) groups excluding carboxylic acids is 10. The van der Waals surface area contributed by atoms with Crippen LogP contribution in [0.3, 0.4) is 0 Å². The molecule has 0 aromatic heterocycles. The first-order valence-corrected chi connectivity index (χ1v) is 41.8. The lowest BCUT2D eigenvalue weighted by atomic mass is 9.54. The summed E-state index contributed by atoms with van der Waals surface area (Å²) in [5.41, 5.74) is -0.551. The van der Waals surface area contributed by atoms with Crippen molar-refractivity contribution in [3.8, 4) is 62.9 Å². The van der Waals surface area contributed by atoms with Crippen molar-refractivity contribution in [2.24, 2.45) is 29.6 Å². The molecule has 18 N–H and O–H groups in total. The van der Waals surface area contributed by atoms with Crippen LogP contribution in [-0.4, -0.2) is 204 Å². The van der Waals surface area contributed by atoms with Crippen molar-refractivity contribution >= 4 is 70.9 Å². The van der Waals surface area contributed by atoms with E-state index in [-0.39, 0.29) is 134 Å². The fourth-order valence-corrected chi connectivity index (χ4v) is 18.2. The van der Waals surface area contributed by atoms with Gasteiger partial charge in [-0.25, -0.2) is 4.79 Å². The third-order valence-corrected chi connectivity index (χ3v) is 24.2. The van der Waals surface area contributed by atoms with Gasteiger partial charge in [-0.1, -0.05) is 57.5 Å². The van der Waals surface area contributed by atoms with E-state index in [9.17, 15) is 49.8 Å². The second kappa shape index (κ2) is 37.7. The Hall–Kier alpha value is -11.4. The zero-order valence-corrected chi connectivity index (χ0v) is 69.4. The number of likely N-dealkylation sites (N-methyl/N-ethyl adjacent to an activating group) is 3. The number of aryl methyl sites for hydroxylation is 2. The molecule has 4 saturated carbocycles. The monoisotopic (exact) mass is 1720 g/mol. The van der Waals surface area contributed by atoms with Crippen LogP contribution in [0, 0.1) is 43.4 Å². The normalized spacial score (nSPS) is 27.3. The lowest BCUT2D eigenvalue weighted by Gasteiger charge is -2.54. The molecule has 2 saturated heterocycles. The van der Waals surface area contributed by atoms with Gasteiger partial charge in [0.05, 0.1) is 24.0 Å². The Morgan fingerprint density at radius 1 is 0.626 bits per heavy atom. The number of phenols is 2. The van der Waals surface area contributed by atoms with E-state index >= 15 is 28.8 Å². The summed E-state index contributed by atoms with van der Waals surface area (Å²) in [6.45, 7) is 12.7. The van der Waals surface area contributed by atoms with Crippen molar-refractivity contribution in [1.82, 2.24) is 63.8 Å². The molecule has 10 amide bonds. The van der Waals surface area contributed by atoms with Gasteiger partial charge in [-0.05, 0) is 219 Å². The number of ether oxygens (including phenoxy) is 7. The number of amides is 10. The summed E-state index contributed by atoms with van der Waals surface area (Å²) in [6, 6.07) is 6.68. The zero-order chi connectivity index (χ0) is 87.5. The number of hydrogen-bond acceptors (Lipinski definition) is 26. The molecule has 15 bridgehead atoms. The number of fused-ring (bicyclic) bond motifs is 16. The average molecular weight is 1720 g/mol. The van der Waals surface area contributed by atoms with Crippen LogP contribution < -0.4 is 87.5 Å². The maximum Gasteiger partial charge on any atom is 0.407 e. The lowest BCUT2D eigenvalue weighted by Crippen LogP contribution is -2.65. The minimum Gasteiger partial charge on any atom is -0.508 e. The molecule has 7 aliphatic heterocycles. The van der Waals surface area contributed by atoms with E-state index in [4.69, 9.17) is 44.8 Å². The SMILES string of the molecule is CCNCCOc1cc(OCCNCC)cc(C(=O)NC(=O)C[C@@H]2NC(=O)[C@H](NC(=O)[C@@H](CC(C)C)NC)[C@H](O)c3ccc(c(C)c3)Oc3cc4cc(c3O[C@@H]3O[C@@H]5CNC(=O)O[C@H]5[C@H](O)[C@H]3O)Oc3ccc(cc3Cl)[C@@H](O)[C@@H]3NC(=O)[C@H](NC(=O)[C@@H]4NC2=O)c2ccc(O)c(c2)-c2c(C)cc(O)cc2[C@@H](C(=O)NC2C4CC5CC(C4)CC2C5)NC3=O)c1. The summed E-state index contributed by atoms with van der Waals surface area (Å²) in [6.07, 6.45) is -9.98. The molecular weight excluding hydrogens is 1620 g/mol. The quantitative estimate of drug-likeness (QED) is 0.0424. The van der Waals surface area contributed by atoms with E-state index in [1.807, 2.05) is 27.7 Å². The van der Waals surface area contributed by atoms with Crippen molar-refractivity contribution in [1.29, 1.82) is 0 Å². The van der Waals surface area contributed by atoms with Crippen LogP contribution in [0.1, 0.15) is 152 Å². The summed E-state index contributed by atoms with van der Waals surface area (Å²) in [5, 5.41) is 106. The molecule has 7 heterocycles. The molecule has 14 atom stereocenters. The molecule has 0 unspecified atom stereocenters. The van der Waals surface area contributed by atoms with Crippen molar-refractivity contribution in [3.63, 3.8) is 0 Å². The van der Waals surface area contributed by atoms with Gasteiger partial charge in [0.2, 0.25) is 59.3 Å². The van der Waals surface area contributed by atoms with Gasteiger partial charge in [-0.3, -0.25) is 48.5 Å². The molecule has 4 aliphatic carbocycles. The van der Waals surface area contributed by atoms with E-state index in [2.05, 4.69) is 63.8 Å². The number of imide groups is 1. The summed E-state index contributed by atoms with van der Waals surface area (Å²) in [5.74, 6) is -11.7. The van der Waals surface area contributed by atoms with E-state index in [0.717, 1.165) is 44.2 Å². The number of rotatable bonds is 22. The Morgan fingerprint density at radius 3 is 1.89 bits per heavy atom. The van der Waals surface area contributed by atoms with Crippen LogP contribution in [0.25, 0.3) is 11.1 Å². The van der Waals surface area contributed by atoms with Crippen LogP contribution in [0.15, 0.2) is 97.1 Å². The fraction of sp³-hybridized carbons (Fsp3) is 0.471. The van der Waals surface area contributed by atoms with Crippen LogP contribution in [0.4, 0.5) is 4.79 Å². The molecule has 11 aliphatic rings. The smallest absolute Gasteiger partial charge is 0.407 e. The molecule has 35 nitrogen and oxygen atoms in total. The Kier molecular flexibility index (Phi) is 27.0. The van der Waals surface area contributed by atoms with Crippen LogP contribution in [-0.2, 0) is 47.8 Å². The number of aliphatic hydroxyl groups excluding tert-OH is 4. The molecule has 17 rings (SSSR count). The second-order valence-corrected chi connectivity index (χ2v) is 33.4. The highest BCUT2D eigenvalue weighted by molar-refractivity contribution is 6.32. The predicted molar refractivity (Wildman–Crippen MR) is 440 cm³/mol. The van der Waals surface area contributed by atoms with Gasteiger partial charge in [0, 0.05) is 36.3 Å². The average Bonchev–Trinajstić information content (AvgIpc) is 0.758. The maximum absolute atomic E-state index is 16.7. The van der Waals surface area contributed by atoms with E-state index in [1.165, 1.54) is 92.8 Å². The van der Waals surface area contributed by atoms with E-state index < -0.39 is 179 Å². The van der Waals surface area contributed by atoms with Crippen LogP contribution in [0.2, 0.25) is 5.02 Å². The van der Waals surface area contributed by atoms with E-state index in [1.54, 1.807) is 13.0 Å². The topological polar surface area (TPSA) is 501 Å². The first-order chi connectivity index (χ1) is 58.9. The molecule has 6 fully saturated rings. The van der Waals surface area contributed by atoms with Gasteiger partial charge >= 0.3 is 6.09 Å². The summed E-state index contributed by atoms with van der Waals surface area (Å²) >= 11 is 7.27. The molecule has 6 aromatic carbocycles. The third-order valence-electron chi connectivity index (χ3n) is 23.9. The van der Waals surface area contributed by atoms with E-state index in [0.29, 0.717) is 38.0 Å². The number of aromatic hydroxyl groups is 2. The van der Waals surface area contributed by atoms with Gasteiger partial charge < -0.3 is 122 Å². The Labute approximate surface area is 712 Å². The third kappa shape index (κ3) is 19.5. The first kappa shape index (κ1) is 87.9. The van der Waals surface area contributed by atoms with Gasteiger partial charge in [0.15, 0.2) is 17.6 Å². The molecule has 0 spiro atoms. The number of nitrogens with one attached hydrogen (secondary N) is 12. The van der Waals surface area contributed by atoms with Gasteiger partial charge in [-0.2, -0.15) is 0 Å². The summed E-state index contributed by atoms with van der Waals surface area (Å²) < 4.78 is 43.8. The Morgan fingerprint density at radius 2 is 1.25 bits per heavy atom. The van der Waals surface area contributed by atoms with Crippen molar-refractivity contribution < 1.29 is 112 Å². The largest absolute Gasteiger partial charge is 0.508 e. The molecule has 0 radical (unpaired) electrons. The predicted octanol–water partition coefficient (Wildman–Crippen LogP) is 4.19. The number of carbonyl (C=O) groups is 10. The number of benzene rings is 6. The van der Waals surface area contributed by atoms with Crippen LogP contribution >= 0.6 is 11.6 Å². The molecule has 123 heavy (non-hydrogen) atoms. The number of halogens is 1. The Balaban J connectivity index is 0.940. The number of alkyl carbamates (subject to hydrolysis) is 1. The summed E-state index contributed by atoms with van der Waals surface area (Å²) in [4.78, 5) is 153. The van der Waals surface area contributed by atoms with Crippen molar-refractivity contribution in [3.05, 3.63) is 147 Å². The molecule has 656 valence electrons. The first-order valence-electron chi connectivity index (χ1n) is 41.5. The van der Waals surface area contributed by atoms with Crippen molar-refractivity contribution in [2.75, 3.05) is 53.0 Å². The highest BCUT2D eigenvalue weighted by Gasteiger charge is 2.53. The fourth-order valence-electron chi connectivity index (χ4n) is 18.0. The maximum atomic E-state index is 16.7. The minimum absolute atomic E-state index is 0.0352. The highest BCUT2D eigenvalue weighted by atomic mass is 35.5. The standard InChI is InChI=1S/C87H103ClN12O23/c1-8-90-16-18-117-51-28-49(29-52(35-51)118-19-17-91-9-2)78(108)94-64(103)36-57-80(110)96-68-48-32-61(119-59-14-11-44(21-39(59)5)72(104)70(84(114)93-57)99-79(109)56(89-7)20-38(3)4)76(122-86-75(107)74(106)77-63(121-86)37-92-87(116)123-77)62(33-48)120-60-15-12-45(31-55(60)88)73(105)71-85(115)98-69(83(113)95-66-46-24-41-23-42(26-46)27-47(66)25-41)54-34-50(101)22-40(6)65(54)53-30-43(10-13-58(53)102)67(81(111)100-71)97-82(68)112/h10-15,21-22,28-35,38,41-42,46-47,56-57,63,66-75,77,86,89-91,101-102,104-107H,8-9,16-20,23-27,36-37H2,1-7H3,(H,92,116)(H,93,114)(H,95,113)(H,96,110)(H,97,112)(H,98,115)(H,99,109)(H,100,111)(H,94,103,108)/t41?,42?,46?,47?,56-,57+,63-,66?,67-,68-,69+,70-,71+,72-,73-,74-,75-,77-,86+/m1/s1. The lowest BCUT2D eigenvalue weighted by molar-refractivity contribution is -0.275. The van der Waals surface area contributed by atoms with Crippen LogP contribution in [0.5, 0.6) is 51.7 Å². The minimum atomic E-state index is -2.32. The number of hydrogen-bond donors (Lipinski definition) is 18. The Bertz CT molecular complexity index is 5010. The second-order valence-electron chi connectivity index (χ2n) is 33.0. The zero-order valence-electron chi connectivity index (χ0n) is 68.7. The van der Waals surface area contributed by atoms with Gasteiger partial charge in [0.1, 0.15) is 114 Å². The molecule has 36 heteroatoms. The van der Waals surface area contributed by atoms with Gasteiger partial charge in [0.25, 0.3) is 5.91 Å². The molecule has 6 aromatic rings. The van der Waals surface area contributed by atoms with Crippen molar-refractivity contribution in [2.45, 2.75) is 178 Å². The highest BCUT2D eigenvalue weighted by Crippen LogP contribution is 2.55. The molecular formula is C87H103ClN12O23. The van der Waals surface area contributed by atoms with Gasteiger partial charge in [-0.15, -0.1) is 0 Å². The number of phenolic OH excluding ortho intramolecular Hbond substituents is 2.